The SMILES string of the molecule is CC(C)N(C(=O)Nc1nccc(Oc2ccc(NC(=S)NC(=O)Cc3ccc(F)cc3)cc2F)n1)C1CCN(C)CC1. The van der Waals surface area contributed by atoms with Gasteiger partial charge < -0.3 is 25.2 Å². The van der Waals surface area contributed by atoms with Crippen molar-refractivity contribution in [2.75, 3.05) is 30.8 Å². The Morgan fingerprint density at radius 1 is 1.10 bits per heavy atom. The Morgan fingerprint density at radius 3 is 2.48 bits per heavy atom. The van der Waals surface area contributed by atoms with Gasteiger partial charge in [0.05, 0.1) is 6.42 Å². The minimum atomic E-state index is -0.710. The first kappa shape index (κ1) is 30.7. The lowest BCUT2D eigenvalue weighted by atomic mass is 10.0. The average Bonchev–Trinajstić information content (AvgIpc) is 2.92. The van der Waals surface area contributed by atoms with Gasteiger partial charge in [0.2, 0.25) is 17.7 Å². The van der Waals surface area contributed by atoms with Gasteiger partial charge in [0, 0.05) is 36.1 Å². The summed E-state index contributed by atoms with van der Waals surface area (Å²) in [6.07, 6.45) is 3.17. The number of carbonyl (C=O) groups is 2. The van der Waals surface area contributed by atoms with E-state index < -0.39 is 17.5 Å². The largest absolute Gasteiger partial charge is 0.436 e. The van der Waals surface area contributed by atoms with Crippen molar-refractivity contribution in [2.24, 2.45) is 0 Å². The van der Waals surface area contributed by atoms with Crippen molar-refractivity contribution in [3.05, 3.63) is 71.9 Å². The molecule has 1 saturated heterocycles. The molecule has 0 atom stereocenters. The van der Waals surface area contributed by atoms with Crippen LogP contribution in [0.25, 0.3) is 0 Å². The number of carbonyl (C=O) groups excluding carboxylic acids is 2. The van der Waals surface area contributed by atoms with Gasteiger partial charge in [-0.2, -0.15) is 4.98 Å². The Hall–Kier alpha value is -4.23. The van der Waals surface area contributed by atoms with Crippen LogP contribution in [0.5, 0.6) is 11.6 Å². The summed E-state index contributed by atoms with van der Waals surface area (Å²) in [5.41, 5.74) is 0.899. The van der Waals surface area contributed by atoms with Crippen LogP contribution in [-0.4, -0.2) is 69.0 Å². The minimum absolute atomic E-state index is 0.00169. The van der Waals surface area contributed by atoms with Gasteiger partial charge in [-0.05, 0) is 88.9 Å². The number of piperidine rings is 1. The van der Waals surface area contributed by atoms with Gasteiger partial charge in [0.15, 0.2) is 16.7 Å². The number of rotatable bonds is 8. The molecule has 0 saturated carbocycles. The van der Waals surface area contributed by atoms with Crippen LogP contribution in [0.2, 0.25) is 0 Å². The summed E-state index contributed by atoms with van der Waals surface area (Å²) in [6.45, 7) is 5.76. The molecule has 3 N–H and O–H groups in total. The molecule has 2 aromatic carbocycles. The highest BCUT2D eigenvalue weighted by Gasteiger charge is 2.29. The molecule has 1 aromatic heterocycles. The van der Waals surface area contributed by atoms with Gasteiger partial charge in [-0.25, -0.2) is 18.6 Å². The number of ether oxygens (including phenoxy) is 1. The summed E-state index contributed by atoms with van der Waals surface area (Å²) in [5, 5.41) is 7.96. The number of anilines is 2. The zero-order valence-electron chi connectivity index (χ0n) is 23.6. The normalized spacial score (nSPS) is 13.9. The molecule has 1 aliphatic rings. The average molecular weight is 598 g/mol. The fourth-order valence-corrected chi connectivity index (χ4v) is 4.84. The third-order valence-corrected chi connectivity index (χ3v) is 6.86. The summed E-state index contributed by atoms with van der Waals surface area (Å²) in [5.74, 6) is -1.55. The molecule has 222 valence electrons. The van der Waals surface area contributed by atoms with Crippen LogP contribution in [0, 0.1) is 11.6 Å². The summed E-state index contributed by atoms with van der Waals surface area (Å²) in [7, 11) is 2.07. The smallest absolute Gasteiger partial charge is 0.324 e. The number of halogens is 2. The van der Waals surface area contributed by atoms with E-state index in [4.69, 9.17) is 17.0 Å². The number of hydrogen-bond acceptors (Lipinski definition) is 7. The molecule has 3 amide bonds. The maximum absolute atomic E-state index is 14.9. The van der Waals surface area contributed by atoms with Crippen LogP contribution >= 0.6 is 12.2 Å². The highest BCUT2D eigenvalue weighted by atomic mass is 32.1. The van der Waals surface area contributed by atoms with Crippen LogP contribution in [0.3, 0.4) is 0 Å². The van der Waals surface area contributed by atoms with E-state index in [-0.39, 0.29) is 52.9 Å². The van der Waals surface area contributed by atoms with E-state index in [0.29, 0.717) is 5.56 Å². The predicted octanol–water partition coefficient (Wildman–Crippen LogP) is 4.94. The number of nitrogens with one attached hydrogen (secondary N) is 3. The van der Waals surface area contributed by atoms with Crippen LogP contribution in [0.1, 0.15) is 32.3 Å². The van der Waals surface area contributed by atoms with Crippen LogP contribution in [0.15, 0.2) is 54.7 Å². The number of nitrogens with zero attached hydrogens (tertiary/aromatic N) is 4. The Morgan fingerprint density at radius 2 is 1.81 bits per heavy atom. The second-order valence-corrected chi connectivity index (χ2v) is 10.6. The first-order valence-corrected chi connectivity index (χ1v) is 13.9. The fraction of sp³-hybridized carbons (Fsp3) is 0.345. The number of aromatic nitrogens is 2. The molecule has 13 heteroatoms. The third-order valence-electron chi connectivity index (χ3n) is 6.66. The van der Waals surface area contributed by atoms with E-state index >= 15 is 0 Å². The Bertz CT molecular complexity index is 1420. The second kappa shape index (κ2) is 14.1. The standard InChI is InChI=1S/C29H33F2N7O3S/c1-18(2)38(22-11-14-37(3)15-12-22)29(40)36-27-32-13-10-26(35-27)41-24-9-8-21(17-23(24)31)33-28(42)34-25(39)16-19-4-6-20(30)7-5-19/h4-10,13,17-18,22H,11-12,14-16H2,1-3H3,(H,32,35,36,40)(H2,33,34,39,42). The molecular weight excluding hydrogens is 564 g/mol. The zero-order chi connectivity index (χ0) is 30.2. The van der Waals surface area contributed by atoms with E-state index in [2.05, 4.69) is 37.9 Å². The summed E-state index contributed by atoms with van der Waals surface area (Å²) in [4.78, 5) is 37.7. The number of hydrogen-bond donors (Lipinski definition) is 3. The maximum Gasteiger partial charge on any atom is 0.324 e. The quantitative estimate of drug-likeness (QED) is 0.313. The van der Waals surface area contributed by atoms with Gasteiger partial charge in [-0.15, -0.1) is 0 Å². The molecule has 10 nitrogen and oxygen atoms in total. The summed E-state index contributed by atoms with van der Waals surface area (Å²) >= 11 is 5.15. The number of benzene rings is 2. The topological polar surface area (TPSA) is 112 Å². The van der Waals surface area contributed by atoms with E-state index in [1.54, 1.807) is 0 Å². The molecule has 0 bridgehead atoms. The molecule has 0 unspecified atom stereocenters. The van der Waals surface area contributed by atoms with Crippen molar-refractivity contribution < 1.29 is 23.1 Å². The first-order valence-electron chi connectivity index (χ1n) is 13.5. The Labute approximate surface area is 248 Å². The number of likely N-dealkylation sites (tertiary alicyclic amines) is 1. The molecule has 0 aliphatic carbocycles. The Balaban J connectivity index is 1.33. The number of thiocarbonyl (C=S) groups is 1. The third kappa shape index (κ3) is 8.63. The number of amides is 3. The zero-order valence-corrected chi connectivity index (χ0v) is 24.4. The van der Waals surface area contributed by atoms with Gasteiger partial charge in [0.25, 0.3) is 0 Å². The molecule has 4 rings (SSSR count). The van der Waals surface area contributed by atoms with E-state index in [0.717, 1.165) is 32.0 Å². The van der Waals surface area contributed by atoms with E-state index in [1.807, 2.05) is 18.7 Å². The van der Waals surface area contributed by atoms with Gasteiger partial charge in [-0.3, -0.25) is 10.1 Å². The number of urea groups is 1. The van der Waals surface area contributed by atoms with Gasteiger partial charge in [-0.1, -0.05) is 12.1 Å². The van der Waals surface area contributed by atoms with Crippen molar-refractivity contribution in [2.45, 2.75) is 45.2 Å². The summed E-state index contributed by atoms with van der Waals surface area (Å²) < 4.78 is 33.5. The van der Waals surface area contributed by atoms with Crippen LogP contribution < -0.4 is 20.7 Å². The van der Waals surface area contributed by atoms with E-state index in [9.17, 15) is 18.4 Å². The van der Waals surface area contributed by atoms with Crippen molar-refractivity contribution in [1.29, 1.82) is 0 Å². The summed E-state index contributed by atoms with van der Waals surface area (Å²) in [6, 6.07) is 10.8. The van der Waals surface area contributed by atoms with Gasteiger partial charge in [0.1, 0.15) is 5.82 Å². The highest BCUT2D eigenvalue weighted by molar-refractivity contribution is 7.80. The minimum Gasteiger partial charge on any atom is -0.436 e. The maximum atomic E-state index is 14.9. The molecule has 1 fully saturated rings. The van der Waals surface area contributed by atoms with Crippen molar-refractivity contribution in [1.82, 2.24) is 25.1 Å². The molecule has 0 radical (unpaired) electrons. The lowest BCUT2D eigenvalue weighted by Gasteiger charge is -2.39. The molecule has 1 aliphatic heterocycles. The lowest BCUT2D eigenvalue weighted by molar-refractivity contribution is -0.119. The van der Waals surface area contributed by atoms with E-state index in [1.165, 1.54) is 48.7 Å². The molecule has 0 spiro atoms. The van der Waals surface area contributed by atoms with Crippen molar-refractivity contribution >= 4 is 40.9 Å². The van der Waals surface area contributed by atoms with Crippen LogP contribution in [0.4, 0.5) is 25.2 Å². The lowest BCUT2D eigenvalue weighted by Crippen LogP contribution is -2.51. The first-order chi connectivity index (χ1) is 20.1. The fourth-order valence-electron chi connectivity index (χ4n) is 4.61. The van der Waals surface area contributed by atoms with Crippen molar-refractivity contribution in [3.8, 4) is 11.6 Å². The van der Waals surface area contributed by atoms with Crippen LogP contribution in [-0.2, 0) is 11.2 Å². The molecule has 42 heavy (non-hydrogen) atoms. The van der Waals surface area contributed by atoms with Crippen molar-refractivity contribution in [3.63, 3.8) is 0 Å². The predicted molar refractivity (Wildman–Crippen MR) is 159 cm³/mol. The van der Waals surface area contributed by atoms with Gasteiger partial charge >= 0.3 is 6.03 Å². The monoisotopic (exact) mass is 597 g/mol. The second-order valence-electron chi connectivity index (χ2n) is 10.2. The Kier molecular flexibility index (Phi) is 10.3. The molecular formula is C29H33F2N7O3S. The molecule has 2 heterocycles. The highest BCUT2D eigenvalue weighted by Crippen LogP contribution is 2.26. The molecule has 3 aromatic rings.